The maximum absolute atomic E-state index is 13.0. The highest BCUT2D eigenvalue weighted by atomic mass is 32.2. The van der Waals surface area contributed by atoms with Crippen LogP contribution in [0.1, 0.15) is 30.6 Å². The molecule has 1 aliphatic rings. The van der Waals surface area contributed by atoms with Gasteiger partial charge in [-0.15, -0.1) is 11.3 Å². The zero-order valence-corrected chi connectivity index (χ0v) is 18.0. The maximum atomic E-state index is 13.0. The Kier molecular flexibility index (Phi) is 5.42. The Labute approximate surface area is 174 Å². The number of thiazole rings is 1. The SMILES string of the molecule is CC1CC(C)CN(S(=O)(=O)c2ccc(C(=O)Nc3ccc4scnc4c3)cc2)C1. The van der Waals surface area contributed by atoms with E-state index in [9.17, 15) is 13.2 Å². The highest BCUT2D eigenvalue weighted by molar-refractivity contribution is 7.89. The zero-order chi connectivity index (χ0) is 20.6. The van der Waals surface area contributed by atoms with Crippen molar-refractivity contribution in [2.45, 2.75) is 25.2 Å². The van der Waals surface area contributed by atoms with Gasteiger partial charge >= 0.3 is 0 Å². The van der Waals surface area contributed by atoms with Crippen molar-refractivity contribution in [1.29, 1.82) is 0 Å². The quantitative estimate of drug-likeness (QED) is 0.674. The fourth-order valence-corrected chi connectivity index (χ4v) is 6.21. The molecule has 0 spiro atoms. The Balaban J connectivity index is 1.50. The second-order valence-corrected chi connectivity index (χ2v) is 10.6. The molecule has 3 aromatic rings. The number of nitrogens with one attached hydrogen (secondary N) is 1. The van der Waals surface area contributed by atoms with Gasteiger partial charge in [-0.05, 0) is 60.7 Å². The van der Waals surface area contributed by atoms with Crippen LogP contribution in [0.15, 0.2) is 52.9 Å². The number of sulfonamides is 1. The summed E-state index contributed by atoms with van der Waals surface area (Å²) in [6.07, 6.45) is 1.04. The van der Waals surface area contributed by atoms with Crippen molar-refractivity contribution >= 4 is 43.2 Å². The molecule has 0 saturated carbocycles. The number of hydrogen-bond donors (Lipinski definition) is 1. The summed E-state index contributed by atoms with van der Waals surface area (Å²) < 4.78 is 28.6. The van der Waals surface area contributed by atoms with Crippen molar-refractivity contribution < 1.29 is 13.2 Å². The molecule has 1 fully saturated rings. The fourth-order valence-electron chi connectivity index (χ4n) is 3.87. The molecule has 8 heteroatoms. The van der Waals surface area contributed by atoms with E-state index < -0.39 is 10.0 Å². The van der Waals surface area contributed by atoms with Gasteiger partial charge in [0.15, 0.2) is 0 Å². The number of rotatable bonds is 4. The lowest BCUT2D eigenvalue weighted by Gasteiger charge is -2.34. The minimum absolute atomic E-state index is 0.222. The Hall–Kier alpha value is -2.29. The number of piperidine rings is 1. The van der Waals surface area contributed by atoms with Crippen molar-refractivity contribution in [2.24, 2.45) is 11.8 Å². The van der Waals surface area contributed by atoms with E-state index >= 15 is 0 Å². The van der Waals surface area contributed by atoms with Crippen molar-refractivity contribution in [3.63, 3.8) is 0 Å². The summed E-state index contributed by atoms with van der Waals surface area (Å²) in [7, 11) is -3.55. The highest BCUT2D eigenvalue weighted by Gasteiger charge is 2.31. The number of carbonyl (C=O) groups excluding carboxylic acids is 1. The molecule has 2 heterocycles. The number of benzene rings is 2. The molecular formula is C21H23N3O3S2. The van der Waals surface area contributed by atoms with Crippen LogP contribution in [0.4, 0.5) is 5.69 Å². The van der Waals surface area contributed by atoms with Crippen molar-refractivity contribution in [1.82, 2.24) is 9.29 Å². The van der Waals surface area contributed by atoms with Gasteiger partial charge in [0.25, 0.3) is 5.91 Å². The monoisotopic (exact) mass is 429 g/mol. The lowest BCUT2D eigenvalue weighted by atomic mass is 9.94. The maximum Gasteiger partial charge on any atom is 0.255 e. The molecule has 0 radical (unpaired) electrons. The van der Waals surface area contributed by atoms with Crippen LogP contribution in [0.25, 0.3) is 10.2 Å². The highest BCUT2D eigenvalue weighted by Crippen LogP contribution is 2.27. The van der Waals surface area contributed by atoms with Crippen LogP contribution in [0.2, 0.25) is 0 Å². The number of fused-ring (bicyclic) bond motifs is 1. The van der Waals surface area contributed by atoms with Crippen LogP contribution >= 0.6 is 11.3 Å². The van der Waals surface area contributed by atoms with E-state index in [1.54, 1.807) is 33.3 Å². The first-order chi connectivity index (χ1) is 13.8. The normalized spacial score (nSPS) is 20.6. The smallest absolute Gasteiger partial charge is 0.255 e. The minimum Gasteiger partial charge on any atom is -0.322 e. The van der Waals surface area contributed by atoms with Gasteiger partial charge in [-0.2, -0.15) is 4.31 Å². The average molecular weight is 430 g/mol. The first kappa shape index (κ1) is 20.0. The third kappa shape index (κ3) is 4.19. The first-order valence-electron chi connectivity index (χ1n) is 9.58. The number of nitrogens with zero attached hydrogens (tertiary/aromatic N) is 2. The molecule has 1 saturated heterocycles. The van der Waals surface area contributed by atoms with Crippen molar-refractivity contribution in [3.8, 4) is 0 Å². The summed E-state index contributed by atoms with van der Waals surface area (Å²) in [4.78, 5) is 17.0. The van der Waals surface area contributed by atoms with Gasteiger partial charge in [0, 0.05) is 24.3 Å². The summed E-state index contributed by atoms with van der Waals surface area (Å²) in [5.74, 6) is 0.394. The van der Waals surface area contributed by atoms with E-state index in [4.69, 9.17) is 0 Å². The van der Waals surface area contributed by atoms with E-state index in [0.29, 0.717) is 36.2 Å². The molecular weight excluding hydrogens is 406 g/mol. The number of hydrogen-bond acceptors (Lipinski definition) is 5. The van der Waals surface area contributed by atoms with Gasteiger partial charge in [-0.25, -0.2) is 13.4 Å². The van der Waals surface area contributed by atoms with Gasteiger partial charge < -0.3 is 5.32 Å². The molecule has 0 bridgehead atoms. The van der Waals surface area contributed by atoms with E-state index in [1.807, 2.05) is 18.2 Å². The predicted molar refractivity (Wildman–Crippen MR) is 116 cm³/mol. The van der Waals surface area contributed by atoms with Crippen LogP contribution in [0.3, 0.4) is 0 Å². The molecule has 2 unspecified atom stereocenters. The van der Waals surface area contributed by atoms with Gasteiger partial charge in [0.1, 0.15) is 0 Å². The molecule has 1 aromatic heterocycles. The Morgan fingerprint density at radius 3 is 2.48 bits per heavy atom. The Bertz CT molecular complexity index is 1130. The molecule has 4 rings (SSSR count). The molecule has 29 heavy (non-hydrogen) atoms. The fraction of sp³-hybridized carbons (Fsp3) is 0.333. The lowest BCUT2D eigenvalue weighted by molar-refractivity contribution is 0.102. The van der Waals surface area contributed by atoms with Crippen molar-refractivity contribution in [3.05, 3.63) is 53.5 Å². The van der Waals surface area contributed by atoms with Crippen LogP contribution in [-0.2, 0) is 10.0 Å². The Morgan fingerprint density at radius 2 is 1.79 bits per heavy atom. The molecule has 6 nitrogen and oxygen atoms in total. The van der Waals surface area contributed by atoms with Crippen LogP contribution in [0.5, 0.6) is 0 Å². The number of aromatic nitrogens is 1. The Morgan fingerprint density at radius 1 is 1.10 bits per heavy atom. The van der Waals surface area contributed by atoms with Gasteiger partial charge in [0.2, 0.25) is 10.0 Å². The van der Waals surface area contributed by atoms with Crippen LogP contribution in [0, 0.1) is 11.8 Å². The van der Waals surface area contributed by atoms with E-state index in [0.717, 1.165) is 16.6 Å². The minimum atomic E-state index is -3.55. The standard InChI is InChI=1S/C21H23N3O3S2/c1-14-9-15(2)12-24(11-14)29(26,27)18-6-3-16(4-7-18)21(25)23-17-5-8-20-19(10-17)22-13-28-20/h3-8,10,13-15H,9,11-12H2,1-2H3,(H,23,25). The topological polar surface area (TPSA) is 79.4 Å². The average Bonchev–Trinajstić information content (AvgIpc) is 3.15. The summed E-state index contributed by atoms with van der Waals surface area (Å²) in [6, 6.07) is 11.7. The predicted octanol–water partition coefficient (Wildman–Crippen LogP) is 4.22. The summed E-state index contributed by atoms with van der Waals surface area (Å²) in [5, 5.41) is 2.84. The molecule has 2 atom stereocenters. The largest absolute Gasteiger partial charge is 0.322 e. The number of carbonyl (C=O) groups is 1. The third-order valence-electron chi connectivity index (χ3n) is 5.18. The van der Waals surface area contributed by atoms with Gasteiger partial charge in [0.05, 0.1) is 20.6 Å². The van der Waals surface area contributed by atoms with Crippen molar-refractivity contribution in [2.75, 3.05) is 18.4 Å². The second kappa shape index (κ2) is 7.85. The van der Waals surface area contributed by atoms with E-state index in [1.165, 1.54) is 12.1 Å². The zero-order valence-electron chi connectivity index (χ0n) is 16.3. The molecule has 0 aliphatic carbocycles. The third-order valence-corrected chi connectivity index (χ3v) is 7.83. The molecule has 152 valence electrons. The summed E-state index contributed by atoms with van der Waals surface area (Å²) >= 11 is 1.54. The van der Waals surface area contributed by atoms with E-state index in [2.05, 4.69) is 24.1 Å². The van der Waals surface area contributed by atoms with Gasteiger partial charge in [-0.1, -0.05) is 13.8 Å². The molecule has 2 aromatic carbocycles. The van der Waals surface area contributed by atoms with Crippen LogP contribution < -0.4 is 5.32 Å². The lowest BCUT2D eigenvalue weighted by Crippen LogP contribution is -2.42. The van der Waals surface area contributed by atoms with Crippen LogP contribution in [-0.4, -0.2) is 36.7 Å². The molecule has 1 aliphatic heterocycles. The second-order valence-electron chi connectivity index (χ2n) is 7.78. The summed E-state index contributed by atoms with van der Waals surface area (Å²) in [6.45, 7) is 5.23. The van der Waals surface area contributed by atoms with Gasteiger partial charge in [-0.3, -0.25) is 4.79 Å². The summed E-state index contributed by atoms with van der Waals surface area (Å²) in [5.41, 5.74) is 3.66. The number of anilines is 1. The first-order valence-corrected chi connectivity index (χ1v) is 11.9. The number of amides is 1. The molecule has 1 amide bonds. The van der Waals surface area contributed by atoms with E-state index in [-0.39, 0.29) is 10.8 Å². The molecule has 1 N–H and O–H groups in total.